The fourth-order valence-electron chi connectivity index (χ4n) is 6.42. The molecule has 1 N–H and O–H groups in total. The average molecular weight is 419 g/mol. The van der Waals surface area contributed by atoms with E-state index in [2.05, 4.69) is 70.3 Å². The Bertz CT molecular complexity index is 859. The highest BCUT2D eigenvalue weighted by molar-refractivity contribution is 5.33. The van der Waals surface area contributed by atoms with E-state index in [1.54, 1.807) is 5.56 Å². The van der Waals surface area contributed by atoms with Crippen LogP contribution in [0.2, 0.25) is 0 Å². The largest absolute Gasteiger partial charge is 0.317 e. The molecule has 0 amide bonds. The van der Waals surface area contributed by atoms with Crippen LogP contribution in [0.3, 0.4) is 0 Å². The summed E-state index contributed by atoms with van der Waals surface area (Å²) >= 11 is 0. The summed E-state index contributed by atoms with van der Waals surface area (Å²) in [7, 11) is 0. The van der Waals surface area contributed by atoms with Crippen molar-refractivity contribution < 1.29 is 0 Å². The van der Waals surface area contributed by atoms with Crippen LogP contribution in [0.1, 0.15) is 68.3 Å². The molecule has 2 atom stereocenters. The summed E-state index contributed by atoms with van der Waals surface area (Å²) in [5, 5.41) is 3.60. The number of piperidine rings is 1. The predicted octanol–water partition coefficient (Wildman–Crippen LogP) is 4.60. The van der Waals surface area contributed by atoms with E-state index in [0.717, 1.165) is 25.7 Å². The van der Waals surface area contributed by atoms with E-state index in [1.807, 2.05) is 12.3 Å². The molecular formula is C27H38N4. The second-order valence-electron chi connectivity index (χ2n) is 10.3. The minimum atomic E-state index is 0.480. The van der Waals surface area contributed by atoms with Gasteiger partial charge >= 0.3 is 0 Å². The summed E-state index contributed by atoms with van der Waals surface area (Å²) in [5.41, 5.74) is 4.82. The summed E-state index contributed by atoms with van der Waals surface area (Å²) in [5.74, 6) is 0.554. The highest BCUT2D eigenvalue weighted by atomic mass is 15.3. The van der Waals surface area contributed by atoms with Crippen molar-refractivity contribution in [1.29, 1.82) is 0 Å². The molecule has 31 heavy (non-hydrogen) atoms. The number of benzene rings is 1. The van der Waals surface area contributed by atoms with Crippen molar-refractivity contribution in [1.82, 2.24) is 20.1 Å². The highest BCUT2D eigenvalue weighted by Crippen LogP contribution is 2.53. The number of nitrogens with zero attached hydrogens (tertiary/aromatic N) is 3. The summed E-state index contributed by atoms with van der Waals surface area (Å²) in [6.45, 7) is 11.4. The van der Waals surface area contributed by atoms with Gasteiger partial charge in [-0.2, -0.15) is 0 Å². The molecule has 0 bridgehead atoms. The Morgan fingerprint density at radius 1 is 1.03 bits per heavy atom. The van der Waals surface area contributed by atoms with E-state index in [9.17, 15) is 0 Å². The van der Waals surface area contributed by atoms with Crippen LogP contribution in [0.25, 0.3) is 0 Å². The van der Waals surface area contributed by atoms with E-state index in [1.165, 1.54) is 56.6 Å². The molecule has 4 nitrogen and oxygen atoms in total. The van der Waals surface area contributed by atoms with Crippen LogP contribution < -0.4 is 5.32 Å². The molecule has 1 aromatic heterocycles. The van der Waals surface area contributed by atoms with E-state index in [0.29, 0.717) is 17.4 Å². The minimum Gasteiger partial charge on any atom is -0.317 e. The number of rotatable bonds is 5. The van der Waals surface area contributed by atoms with Gasteiger partial charge in [-0.05, 0) is 73.4 Å². The molecule has 3 aliphatic rings. The third kappa shape index (κ3) is 4.18. The fourth-order valence-corrected chi connectivity index (χ4v) is 6.42. The lowest BCUT2D eigenvalue weighted by Gasteiger charge is -2.60. The van der Waals surface area contributed by atoms with Crippen LogP contribution in [-0.2, 0) is 6.54 Å². The Balaban J connectivity index is 1.43. The Hall–Kier alpha value is -1.75. The first kappa shape index (κ1) is 21.1. The van der Waals surface area contributed by atoms with Crippen molar-refractivity contribution in [2.75, 3.05) is 32.7 Å². The van der Waals surface area contributed by atoms with Crippen LogP contribution in [0.5, 0.6) is 0 Å². The van der Waals surface area contributed by atoms with Crippen molar-refractivity contribution in [2.24, 2.45) is 5.41 Å². The summed E-state index contributed by atoms with van der Waals surface area (Å²) < 4.78 is 0. The molecule has 2 saturated heterocycles. The molecule has 3 fully saturated rings. The molecule has 2 unspecified atom stereocenters. The standard InChI is InChI=1S/C27H38N4/c1-21(2)23-8-3-4-9-24(23)25-20-30(19-22-7-5-6-14-29-22)17-18-31(25)26-10-11-27(26)12-15-28-16-13-27/h3-9,14,21,25-26,28H,10-13,15-20H2,1-2H3. The van der Waals surface area contributed by atoms with E-state index in [4.69, 9.17) is 0 Å². The number of piperazine rings is 1. The van der Waals surface area contributed by atoms with Crippen molar-refractivity contribution in [3.05, 3.63) is 65.5 Å². The topological polar surface area (TPSA) is 31.4 Å². The second kappa shape index (κ2) is 9.01. The number of nitrogens with one attached hydrogen (secondary N) is 1. The molecule has 5 rings (SSSR count). The maximum atomic E-state index is 4.60. The molecule has 1 spiro atoms. The van der Waals surface area contributed by atoms with Crippen LogP contribution in [0, 0.1) is 5.41 Å². The van der Waals surface area contributed by atoms with Gasteiger partial charge in [0.25, 0.3) is 0 Å². The van der Waals surface area contributed by atoms with E-state index >= 15 is 0 Å². The van der Waals surface area contributed by atoms with Crippen LogP contribution in [-0.4, -0.2) is 53.5 Å². The monoisotopic (exact) mass is 418 g/mol. The molecule has 2 aromatic rings. The van der Waals surface area contributed by atoms with Crippen molar-refractivity contribution in [3.8, 4) is 0 Å². The second-order valence-corrected chi connectivity index (χ2v) is 10.3. The van der Waals surface area contributed by atoms with E-state index in [-0.39, 0.29) is 0 Å². The third-order valence-electron chi connectivity index (χ3n) is 8.22. The maximum absolute atomic E-state index is 4.60. The minimum absolute atomic E-state index is 0.480. The molecule has 1 saturated carbocycles. The molecule has 2 aliphatic heterocycles. The zero-order valence-electron chi connectivity index (χ0n) is 19.3. The fraction of sp³-hybridized carbons (Fsp3) is 0.593. The number of pyridine rings is 1. The molecule has 4 heteroatoms. The molecular weight excluding hydrogens is 380 g/mol. The summed E-state index contributed by atoms with van der Waals surface area (Å²) in [4.78, 5) is 10.2. The van der Waals surface area contributed by atoms with Gasteiger partial charge in [-0.3, -0.25) is 14.8 Å². The van der Waals surface area contributed by atoms with Gasteiger partial charge < -0.3 is 5.32 Å². The molecule has 3 heterocycles. The van der Waals surface area contributed by atoms with Crippen LogP contribution >= 0.6 is 0 Å². The lowest BCUT2D eigenvalue weighted by atomic mass is 9.58. The van der Waals surface area contributed by atoms with Gasteiger partial charge in [-0.25, -0.2) is 0 Å². The molecule has 1 aliphatic carbocycles. The third-order valence-corrected chi connectivity index (χ3v) is 8.22. The van der Waals surface area contributed by atoms with Gasteiger partial charge in [0, 0.05) is 44.5 Å². The number of aromatic nitrogens is 1. The van der Waals surface area contributed by atoms with Crippen molar-refractivity contribution in [3.63, 3.8) is 0 Å². The quantitative estimate of drug-likeness (QED) is 0.769. The number of hydrogen-bond acceptors (Lipinski definition) is 4. The average Bonchev–Trinajstić information content (AvgIpc) is 2.80. The lowest BCUT2D eigenvalue weighted by molar-refractivity contribution is -0.0906. The highest BCUT2D eigenvalue weighted by Gasteiger charge is 2.51. The Morgan fingerprint density at radius 2 is 1.84 bits per heavy atom. The Morgan fingerprint density at radius 3 is 2.55 bits per heavy atom. The summed E-state index contributed by atoms with van der Waals surface area (Å²) in [6, 6.07) is 16.7. The SMILES string of the molecule is CC(C)c1ccccc1C1CN(Cc2ccccn2)CCN1C1CCC12CCNCC2. The van der Waals surface area contributed by atoms with Crippen LogP contribution in [0.15, 0.2) is 48.7 Å². The van der Waals surface area contributed by atoms with Crippen molar-refractivity contribution in [2.45, 2.75) is 64.1 Å². The predicted molar refractivity (Wildman–Crippen MR) is 127 cm³/mol. The Kier molecular flexibility index (Phi) is 6.14. The Labute approximate surface area is 188 Å². The molecule has 0 radical (unpaired) electrons. The maximum Gasteiger partial charge on any atom is 0.0543 e. The first-order chi connectivity index (χ1) is 15.2. The first-order valence-corrected chi connectivity index (χ1v) is 12.3. The van der Waals surface area contributed by atoms with Gasteiger partial charge in [0.1, 0.15) is 0 Å². The van der Waals surface area contributed by atoms with Gasteiger partial charge in [-0.1, -0.05) is 44.2 Å². The molecule has 1 aromatic carbocycles. The van der Waals surface area contributed by atoms with Gasteiger partial charge in [0.2, 0.25) is 0 Å². The first-order valence-electron chi connectivity index (χ1n) is 12.3. The normalized spacial score (nSPS) is 26.8. The smallest absolute Gasteiger partial charge is 0.0543 e. The van der Waals surface area contributed by atoms with Gasteiger partial charge in [-0.15, -0.1) is 0 Å². The zero-order chi connectivity index (χ0) is 21.3. The lowest BCUT2D eigenvalue weighted by Crippen LogP contribution is -2.63. The number of hydrogen-bond donors (Lipinski definition) is 1. The van der Waals surface area contributed by atoms with Gasteiger partial charge in [0.05, 0.1) is 5.69 Å². The van der Waals surface area contributed by atoms with Crippen LogP contribution in [0.4, 0.5) is 0 Å². The van der Waals surface area contributed by atoms with E-state index < -0.39 is 0 Å². The zero-order valence-corrected chi connectivity index (χ0v) is 19.3. The van der Waals surface area contributed by atoms with Gasteiger partial charge in [0.15, 0.2) is 0 Å². The van der Waals surface area contributed by atoms with Crippen molar-refractivity contribution >= 4 is 0 Å². The molecule has 166 valence electrons. The summed E-state index contributed by atoms with van der Waals surface area (Å²) in [6.07, 6.45) is 7.42.